The van der Waals surface area contributed by atoms with E-state index in [2.05, 4.69) is 10.6 Å². The fourth-order valence-electron chi connectivity index (χ4n) is 1.23. The molecule has 2 nitrogen and oxygen atoms in total. The molecule has 0 heterocycles. The molecule has 0 spiro atoms. The van der Waals surface area contributed by atoms with Crippen molar-refractivity contribution in [2.75, 3.05) is 20.1 Å². The molecule has 1 rings (SSSR count). The molecule has 0 fully saturated rings. The SMILES string of the molecule is CNCCCNCc1ccc(Cl)cc1.Cl.Cl. The van der Waals surface area contributed by atoms with E-state index in [-0.39, 0.29) is 24.8 Å². The third kappa shape index (κ3) is 8.20. The van der Waals surface area contributed by atoms with Gasteiger partial charge in [0.25, 0.3) is 0 Å². The molecule has 2 N–H and O–H groups in total. The van der Waals surface area contributed by atoms with Crippen molar-refractivity contribution < 1.29 is 0 Å². The molecule has 5 heteroatoms. The van der Waals surface area contributed by atoms with Gasteiger partial charge in [-0.3, -0.25) is 0 Å². The van der Waals surface area contributed by atoms with Crippen LogP contribution in [0.25, 0.3) is 0 Å². The van der Waals surface area contributed by atoms with Crippen LogP contribution in [0.5, 0.6) is 0 Å². The van der Waals surface area contributed by atoms with Gasteiger partial charge >= 0.3 is 0 Å². The minimum absolute atomic E-state index is 0. The number of benzene rings is 1. The normalized spacial score (nSPS) is 9.12. The van der Waals surface area contributed by atoms with E-state index in [1.807, 2.05) is 31.3 Å². The summed E-state index contributed by atoms with van der Waals surface area (Å²) in [6, 6.07) is 7.94. The molecular weight excluding hydrogens is 266 g/mol. The van der Waals surface area contributed by atoms with Crippen LogP contribution in [-0.4, -0.2) is 20.1 Å². The van der Waals surface area contributed by atoms with Gasteiger partial charge < -0.3 is 10.6 Å². The highest BCUT2D eigenvalue weighted by Crippen LogP contribution is 2.08. The zero-order valence-electron chi connectivity index (χ0n) is 9.33. The minimum atomic E-state index is 0. The van der Waals surface area contributed by atoms with Gasteiger partial charge in [0.1, 0.15) is 0 Å². The molecule has 0 aliphatic carbocycles. The Bertz CT molecular complexity index is 252. The molecule has 0 amide bonds. The van der Waals surface area contributed by atoms with Crippen LogP contribution in [0.15, 0.2) is 24.3 Å². The molecule has 0 bridgehead atoms. The van der Waals surface area contributed by atoms with Crippen molar-refractivity contribution >= 4 is 36.4 Å². The van der Waals surface area contributed by atoms with Crippen LogP contribution in [0.1, 0.15) is 12.0 Å². The summed E-state index contributed by atoms with van der Waals surface area (Å²) in [7, 11) is 1.97. The maximum Gasteiger partial charge on any atom is 0.0406 e. The number of halogens is 3. The van der Waals surface area contributed by atoms with Gasteiger partial charge in [-0.15, -0.1) is 24.8 Å². The standard InChI is InChI=1S/C11H17ClN2.2ClH/c1-13-7-2-8-14-9-10-3-5-11(12)6-4-10;;/h3-6,13-14H,2,7-9H2,1H3;2*1H. The van der Waals surface area contributed by atoms with Gasteiger partial charge in [-0.05, 0) is 44.3 Å². The Kier molecular flexibility index (Phi) is 13.2. The summed E-state index contributed by atoms with van der Waals surface area (Å²) < 4.78 is 0. The second-order valence-corrected chi connectivity index (χ2v) is 3.70. The number of hydrogen-bond acceptors (Lipinski definition) is 2. The first-order chi connectivity index (χ1) is 6.83. The van der Waals surface area contributed by atoms with Gasteiger partial charge in [-0.2, -0.15) is 0 Å². The Labute approximate surface area is 115 Å². The second kappa shape index (κ2) is 11.5. The summed E-state index contributed by atoms with van der Waals surface area (Å²) in [5.41, 5.74) is 1.28. The van der Waals surface area contributed by atoms with Crippen molar-refractivity contribution in [2.45, 2.75) is 13.0 Å². The molecule has 0 saturated carbocycles. The van der Waals surface area contributed by atoms with E-state index < -0.39 is 0 Å². The minimum Gasteiger partial charge on any atom is -0.320 e. The highest BCUT2D eigenvalue weighted by atomic mass is 35.5. The van der Waals surface area contributed by atoms with Crippen LogP contribution in [0.2, 0.25) is 5.02 Å². The van der Waals surface area contributed by atoms with Gasteiger partial charge in [0.15, 0.2) is 0 Å². The van der Waals surface area contributed by atoms with E-state index in [4.69, 9.17) is 11.6 Å². The number of nitrogens with one attached hydrogen (secondary N) is 2. The van der Waals surface area contributed by atoms with E-state index in [1.165, 1.54) is 5.56 Å². The van der Waals surface area contributed by atoms with Crippen LogP contribution in [0, 0.1) is 0 Å². The first kappa shape index (κ1) is 18.4. The molecule has 0 aliphatic rings. The molecule has 1 aromatic rings. The van der Waals surface area contributed by atoms with Gasteiger partial charge in [0, 0.05) is 11.6 Å². The monoisotopic (exact) mass is 284 g/mol. The highest BCUT2D eigenvalue weighted by molar-refractivity contribution is 6.30. The molecule has 0 radical (unpaired) electrons. The molecule has 0 unspecified atom stereocenters. The molecule has 0 atom stereocenters. The molecule has 16 heavy (non-hydrogen) atoms. The molecule has 0 saturated heterocycles. The Hall–Kier alpha value is 0.01000. The molecule has 94 valence electrons. The van der Waals surface area contributed by atoms with Crippen molar-refractivity contribution in [2.24, 2.45) is 0 Å². The molecular formula is C11H19Cl3N2. The van der Waals surface area contributed by atoms with Gasteiger partial charge in [-0.1, -0.05) is 23.7 Å². The topological polar surface area (TPSA) is 24.1 Å². The van der Waals surface area contributed by atoms with Crippen LogP contribution in [0.3, 0.4) is 0 Å². The Balaban J connectivity index is 0. The number of rotatable bonds is 6. The maximum atomic E-state index is 5.79. The lowest BCUT2D eigenvalue weighted by Crippen LogP contribution is -2.19. The first-order valence-electron chi connectivity index (χ1n) is 4.92. The Morgan fingerprint density at radius 2 is 1.69 bits per heavy atom. The fourth-order valence-corrected chi connectivity index (χ4v) is 1.35. The van der Waals surface area contributed by atoms with E-state index in [1.54, 1.807) is 0 Å². The Morgan fingerprint density at radius 1 is 1.06 bits per heavy atom. The molecule has 0 aliphatic heterocycles. The average molecular weight is 286 g/mol. The first-order valence-corrected chi connectivity index (χ1v) is 5.30. The van der Waals surface area contributed by atoms with Crippen LogP contribution < -0.4 is 10.6 Å². The zero-order chi connectivity index (χ0) is 10.2. The van der Waals surface area contributed by atoms with Crippen molar-refractivity contribution in [1.29, 1.82) is 0 Å². The lowest BCUT2D eigenvalue weighted by molar-refractivity contribution is 0.625. The van der Waals surface area contributed by atoms with Crippen LogP contribution in [-0.2, 0) is 6.54 Å². The Morgan fingerprint density at radius 3 is 2.25 bits per heavy atom. The third-order valence-corrected chi connectivity index (χ3v) is 2.27. The predicted molar refractivity (Wildman–Crippen MR) is 76.2 cm³/mol. The van der Waals surface area contributed by atoms with E-state index in [0.29, 0.717) is 0 Å². The van der Waals surface area contributed by atoms with Crippen molar-refractivity contribution in [3.05, 3.63) is 34.9 Å². The van der Waals surface area contributed by atoms with E-state index in [0.717, 1.165) is 31.1 Å². The lowest BCUT2D eigenvalue weighted by Gasteiger charge is -2.04. The summed E-state index contributed by atoms with van der Waals surface area (Å²) in [5, 5.41) is 7.28. The summed E-state index contributed by atoms with van der Waals surface area (Å²) in [6.45, 7) is 3.03. The summed E-state index contributed by atoms with van der Waals surface area (Å²) in [4.78, 5) is 0. The molecule has 1 aromatic carbocycles. The second-order valence-electron chi connectivity index (χ2n) is 3.26. The smallest absolute Gasteiger partial charge is 0.0406 e. The third-order valence-electron chi connectivity index (χ3n) is 2.02. The van der Waals surface area contributed by atoms with Gasteiger partial charge in [0.2, 0.25) is 0 Å². The summed E-state index contributed by atoms with van der Waals surface area (Å²) >= 11 is 5.79. The average Bonchev–Trinajstić information content (AvgIpc) is 2.21. The van der Waals surface area contributed by atoms with Crippen molar-refractivity contribution in [1.82, 2.24) is 10.6 Å². The van der Waals surface area contributed by atoms with E-state index in [9.17, 15) is 0 Å². The largest absolute Gasteiger partial charge is 0.320 e. The van der Waals surface area contributed by atoms with Crippen molar-refractivity contribution in [3.63, 3.8) is 0 Å². The quantitative estimate of drug-likeness (QED) is 0.786. The van der Waals surface area contributed by atoms with Crippen LogP contribution in [0.4, 0.5) is 0 Å². The fraction of sp³-hybridized carbons (Fsp3) is 0.455. The van der Waals surface area contributed by atoms with E-state index >= 15 is 0 Å². The van der Waals surface area contributed by atoms with Crippen LogP contribution >= 0.6 is 36.4 Å². The van der Waals surface area contributed by atoms with Gasteiger partial charge in [-0.25, -0.2) is 0 Å². The van der Waals surface area contributed by atoms with Crippen molar-refractivity contribution in [3.8, 4) is 0 Å². The predicted octanol–water partition coefficient (Wildman–Crippen LogP) is 2.88. The van der Waals surface area contributed by atoms with Gasteiger partial charge in [0.05, 0.1) is 0 Å². The number of hydrogen-bond donors (Lipinski definition) is 2. The summed E-state index contributed by atoms with van der Waals surface area (Å²) in [5.74, 6) is 0. The maximum absolute atomic E-state index is 5.79. The highest BCUT2D eigenvalue weighted by Gasteiger charge is 1.92. The molecule has 0 aromatic heterocycles. The lowest BCUT2D eigenvalue weighted by atomic mass is 10.2. The zero-order valence-corrected chi connectivity index (χ0v) is 11.7. The summed E-state index contributed by atoms with van der Waals surface area (Å²) in [6.07, 6.45) is 1.16.